The Morgan fingerprint density at radius 3 is 2.77 bits per heavy atom. The van der Waals surface area contributed by atoms with Crippen LogP contribution in [0.5, 0.6) is 0 Å². The molecule has 1 aromatic carbocycles. The Labute approximate surface area is 144 Å². The highest BCUT2D eigenvalue weighted by atomic mass is 79.9. The molecule has 0 radical (unpaired) electrons. The first-order chi connectivity index (χ1) is 10.0. The van der Waals surface area contributed by atoms with Gasteiger partial charge in [-0.25, -0.2) is 4.68 Å². The lowest BCUT2D eigenvalue weighted by Gasteiger charge is -2.16. The summed E-state index contributed by atoms with van der Waals surface area (Å²) in [5.41, 5.74) is 7.45. The van der Waals surface area contributed by atoms with Crippen LogP contribution >= 0.6 is 28.3 Å². The number of nitrogens with zero attached hydrogens (tertiary/aromatic N) is 2. The fourth-order valence-electron chi connectivity index (χ4n) is 1.89. The molecule has 2 rings (SSSR count). The number of amides is 1. The highest BCUT2D eigenvalue weighted by Gasteiger charge is 2.19. The zero-order valence-corrected chi connectivity index (χ0v) is 14.9. The Morgan fingerprint density at radius 2 is 2.14 bits per heavy atom. The molecule has 0 aliphatic heterocycles. The molecule has 2 unspecified atom stereocenters. The number of hydrogen-bond acceptors (Lipinski definition) is 3. The van der Waals surface area contributed by atoms with E-state index in [0.717, 1.165) is 16.6 Å². The van der Waals surface area contributed by atoms with Crippen LogP contribution in [-0.2, 0) is 4.79 Å². The van der Waals surface area contributed by atoms with Crippen molar-refractivity contribution in [1.29, 1.82) is 0 Å². The van der Waals surface area contributed by atoms with Crippen molar-refractivity contribution in [1.82, 2.24) is 9.78 Å². The van der Waals surface area contributed by atoms with Crippen molar-refractivity contribution in [2.75, 3.05) is 5.32 Å². The van der Waals surface area contributed by atoms with Crippen molar-refractivity contribution in [2.24, 2.45) is 11.7 Å². The third-order valence-corrected chi connectivity index (χ3v) is 4.18. The average Bonchev–Trinajstić information content (AvgIpc) is 2.94. The van der Waals surface area contributed by atoms with Crippen molar-refractivity contribution in [2.45, 2.75) is 26.3 Å². The van der Waals surface area contributed by atoms with Crippen LogP contribution in [0, 0.1) is 5.92 Å². The van der Waals surface area contributed by atoms with Crippen molar-refractivity contribution in [3.8, 4) is 5.69 Å². The van der Waals surface area contributed by atoms with Gasteiger partial charge < -0.3 is 11.1 Å². The van der Waals surface area contributed by atoms with E-state index in [9.17, 15) is 4.79 Å². The van der Waals surface area contributed by atoms with Crippen LogP contribution < -0.4 is 11.1 Å². The number of anilines is 1. The molecule has 1 amide bonds. The van der Waals surface area contributed by atoms with E-state index in [4.69, 9.17) is 5.73 Å². The maximum absolute atomic E-state index is 12.0. The minimum atomic E-state index is -0.512. The molecule has 22 heavy (non-hydrogen) atoms. The molecule has 1 heterocycles. The lowest BCUT2D eigenvalue weighted by Crippen LogP contribution is -2.40. The van der Waals surface area contributed by atoms with Gasteiger partial charge in [0.25, 0.3) is 0 Å². The van der Waals surface area contributed by atoms with Gasteiger partial charge in [-0.05, 0) is 34.0 Å². The van der Waals surface area contributed by atoms with Gasteiger partial charge in [0.2, 0.25) is 5.91 Å². The number of carbonyl (C=O) groups excluding carboxylic acids is 1. The molecule has 1 aromatic heterocycles. The molecule has 0 bridgehead atoms. The summed E-state index contributed by atoms with van der Waals surface area (Å²) in [5.74, 6) is -0.0423. The molecule has 3 N–H and O–H groups in total. The molecule has 0 saturated carbocycles. The summed E-state index contributed by atoms with van der Waals surface area (Å²) < 4.78 is 2.64. The summed E-state index contributed by atoms with van der Waals surface area (Å²) in [7, 11) is 0. The van der Waals surface area contributed by atoms with Gasteiger partial charge in [0.1, 0.15) is 0 Å². The van der Waals surface area contributed by atoms with Crippen molar-refractivity contribution in [3.63, 3.8) is 0 Å². The molecule has 0 spiro atoms. The third kappa shape index (κ3) is 4.32. The van der Waals surface area contributed by atoms with Gasteiger partial charge in [-0.2, -0.15) is 5.10 Å². The Kier molecular flexibility index (Phi) is 7.06. The molecule has 0 aliphatic rings. The summed E-state index contributed by atoms with van der Waals surface area (Å²) in [6.45, 7) is 3.98. The largest absolute Gasteiger partial charge is 0.322 e. The van der Waals surface area contributed by atoms with Crippen molar-refractivity contribution in [3.05, 3.63) is 41.1 Å². The summed E-state index contributed by atoms with van der Waals surface area (Å²) in [4.78, 5) is 12.0. The third-order valence-electron chi connectivity index (χ3n) is 3.51. The standard InChI is InChI=1S/C15H19BrN4O.ClH/c1-3-10(2)14(17)15(21)19-11-8-18-20(9-11)13-7-5-4-6-12(13)16;/h4-10,14H,3,17H2,1-2H3,(H,19,21);1H. The van der Waals surface area contributed by atoms with Crippen LogP contribution in [0.25, 0.3) is 5.69 Å². The number of rotatable bonds is 5. The number of benzene rings is 1. The van der Waals surface area contributed by atoms with Crippen molar-refractivity contribution >= 4 is 39.9 Å². The van der Waals surface area contributed by atoms with E-state index in [1.165, 1.54) is 0 Å². The molecule has 5 nitrogen and oxygen atoms in total. The first-order valence-electron chi connectivity index (χ1n) is 6.89. The molecular weight excluding hydrogens is 368 g/mol. The second kappa shape index (κ2) is 8.31. The van der Waals surface area contributed by atoms with E-state index in [1.807, 2.05) is 38.1 Å². The topological polar surface area (TPSA) is 72.9 Å². The molecule has 120 valence electrons. The Balaban J connectivity index is 0.00000242. The zero-order chi connectivity index (χ0) is 15.4. The number of halogens is 2. The fraction of sp³-hybridized carbons (Fsp3) is 0.333. The van der Waals surface area contributed by atoms with Crippen LogP contribution in [-0.4, -0.2) is 21.7 Å². The van der Waals surface area contributed by atoms with E-state index in [2.05, 4.69) is 26.3 Å². The van der Waals surface area contributed by atoms with Crippen LogP contribution in [0.1, 0.15) is 20.3 Å². The second-order valence-corrected chi connectivity index (χ2v) is 5.88. The van der Waals surface area contributed by atoms with E-state index in [-0.39, 0.29) is 24.2 Å². The monoisotopic (exact) mass is 386 g/mol. The number of nitrogens with one attached hydrogen (secondary N) is 1. The number of aromatic nitrogens is 2. The van der Waals surface area contributed by atoms with Gasteiger partial charge in [0.05, 0.1) is 29.8 Å². The first-order valence-corrected chi connectivity index (χ1v) is 7.68. The van der Waals surface area contributed by atoms with E-state index < -0.39 is 6.04 Å². The Hall–Kier alpha value is -1.37. The summed E-state index contributed by atoms with van der Waals surface area (Å²) in [6.07, 6.45) is 4.24. The van der Waals surface area contributed by atoms with Gasteiger partial charge >= 0.3 is 0 Å². The number of carbonyl (C=O) groups is 1. The van der Waals surface area contributed by atoms with Crippen LogP contribution in [0.15, 0.2) is 41.1 Å². The van der Waals surface area contributed by atoms with Gasteiger partial charge in [-0.3, -0.25) is 4.79 Å². The maximum atomic E-state index is 12.0. The van der Waals surface area contributed by atoms with E-state index >= 15 is 0 Å². The predicted octanol–water partition coefficient (Wildman–Crippen LogP) is 3.37. The van der Waals surface area contributed by atoms with Gasteiger partial charge in [0, 0.05) is 4.47 Å². The van der Waals surface area contributed by atoms with Crippen LogP contribution in [0.2, 0.25) is 0 Å². The van der Waals surface area contributed by atoms with Gasteiger partial charge in [-0.1, -0.05) is 32.4 Å². The number of hydrogen-bond donors (Lipinski definition) is 2. The van der Waals surface area contributed by atoms with Crippen molar-refractivity contribution < 1.29 is 4.79 Å². The molecular formula is C15H20BrClN4O. The van der Waals surface area contributed by atoms with Gasteiger partial charge in [0.15, 0.2) is 0 Å². The summed E-state index contributed by atoms with van der Waals surface area (Å²) >= 11 is 3.48. The molecule has 0 fully saturated rings. The SMILES string of the molecule is CCC(C)C(N)C(=O)Nc1cnn(-c2ccccc2Br)c1.Cl. The summed E-state index contributed by atoms with van der Waals surface area (Å²) in [6, 6.07) is 7.23. The van der Waals surface area contributed by atoms with E-state index in [0.29, 0.717) is 5.69 Å². The summed E-state index contributed by atoms with van der Waals surface area (Å²) in [5, 5.41) is 7.06. The molecule has 7 heteroatoms. The normalized spacial score (nSPS) is 13.1. The lowest BCUT2D eigenvalue weighted by molar-refractivity contribution is -0.118. The first kappa shape index (κ1) is 18.7. The van der Waals surface area contributed by atoms with Gasteiger partial charge in [-0.15, -0.1) is 12.4 Å². The molecule has 2 atom stereocenters. The minimum Gasteiger partial charge on any atom is -0.322 e. The molecule has 2 aromatic rings. The van der Waals surface area contributed by atoms with Crippen LogP contribution in [0.3, 0.4) is 0 Å². The number of nitrogens with two attached hydrogens (primary N) is 1. The van der Waals surface area contributed by atoms with E-state index in [1.54, 1.807) is 17.1 Å². The number of para-hydroxylation sites is 1. The smallest absolute Gasteiger partial charge is 0.241 e. The maximum Gasteiger partial charge on any atom is 0.241 e. The molecule has 0 aliphatic carbocycles. The quantitative estimate of drug-likeness (QED) is 0.826. The molecule has 0 saturated heterocycles. The zero-order valence-electron chi connectivity index (χ0n) is 12.5. The highest BCUT2D eigenvalue weighted by molar-refractivity contribution is 9.10. The highest BCUT2D eigenvalue weighted by Crippen LogP contribution is 2.21. The predicted molar refractivity (Wildman–Crippen MR) is 94.6 cm³/mol. The Bertz CT molecular complexity index is 632. The van der Waals surface area contributed by atoms with Crippen LogP contribution in [0.4, 0.5) is 5.69 Å². The fourth-order valence-corrected chi connectivity index (χ4v) is 2.36. The minimum absolute atomic E-state index is 0. The average molecular weight is 388 g/mol. The lowest BCUT2D eigenvalue weighted by atomic mass is 9.99. The Morgan fingerprint density at radius 1 is 1.45 bits per heavy atom. The second-order valence-electron chi connectivity index (χ2n) is 5.03.